The molecule has 0 spiro atoms. The maximum atomic E-state index is 13.0. The van der Waals surface area contributed by atoms with Gasteiger partial charge < -0.3 is 4.42 Å². The second kappa shape index (κ2) is 8.32. The van der Waals surface area contributed by atoms with Gasteiger partial charge in [-0.25, -0.2) is 13.4 Å². The Morgan fingerprint density at radius 2 is 1.86 bits per heavy atom. The van der Waals surface area contributed by atoms with Gasteiger partial charge in [0.1, 0.15) is 5.76 Å². The first-order valence-corrected chi connectivity index (χ1v) is 11.4. The van der Waals surface area contributed by atoms with E-state index >= 15 is 0 Å². The standard InChI is InChI=1S/C19H25Cl2N3O3S/c1-19(2,3)17-12-22-18(27-17)13-23-7-4-8-24(10-9-23)28(25,26)14-5-6-15(20)16(21)11-14/h5-6,11-12H,4,7-10,13H2,1-3H3. The van der Waals surface area contributed by atoms with Crippen molar-refractivity contribution in [1.82, 2.24) is 14.2 Å². The van der Waals surface area contributed by atoms with Crippen molar-refractivity contribution in [2.24, 2.45) is 0 Å². The van der Waals surface area contributed by atoms with Crippen LogP contribution in [0.5, 0.6) is 0 Å². The van der Waals surface area contributed by atoms with Crippen molar-refractivity contribution in [2.45, 2.75) is 44.0 Å². The molecule has 0 bridgehead atoms. The summed E-state index contributed by atoms with van der Waals surface area (Å²) < 4.78 is 33.3. The minimum absolute atomic E-state index is 0.0885. The molecule has 28 heavy (non-hydrogen) atoms. The van der Waals surface area contributed by atoms with Crippen molar-refractivity contribution in [3.8, 4) is 0 Å². The van der Waals surface area contributed by atoms with Crippen LogP contribution in [0.1, 0.15) is 38.8 Å². The fraction of sp³-hybridized carbons (Fsp3) is 0.526. The number of rotatable bonds is 4. The van der Waals surface area contributed by atoms with E-state index in [1.807, 2.05) is 0 Å². The summed E-state index contributed by atoms with van der Waals surface area (Å²) in [5.74, 6) is 1.51. The van der Waals surface area contributed by atoms with Gasteiger partial charge in [0.25, 0.3) is 0 Å². The van der Waals surface area contributed by atoms with Crippen LogP contribution >= 0.6 is 23.2 Å². The molecule has 0 saturated carbocycles. The highest BCUT2D eigenvalue weighted by Gasteiger charge is 2.28. The molecule has 1 fully saturated rings. The first-order chi connectivity index (χ1) is 13.1. The minimum atomic E-state index is -3.61. The third kappa shape index (κ3) is 4.89. The van der Waals surface area contributed by atoms with Crippen LogP contribution in [0.4, 0.5) is 0 Å². The van der Waals surface area contributed by atoms with Crippen LogP contribution in [0, 0.1) is 0 Å². The highest BCUT2D eigenvalue weighted by molar-refractivity contribution is 7.89. The topological polar surface area (TPSA) is 66.7 Å². The van der Waals surface area contributed by atoms with Gasteiger partial charge in [0.2, 0.25) is 15.9 Å². The lowest BCUT2D eigenvalue weighted by Crippen LogP contribution is -2.35. The summed E-state index contributed by atoms with van der Waals surface area (Å²) in [5.41, 5.74) is -0.0885. The normalized spacial score (nSPS) is 17.6. The zero-order chi connectivity index (χ0) is 20.5. The van der Waals surface area contributed by atoms with E-state index in [0.29, 0.717) is 37.1 Å². The smallest absolute Gasteiger partial charge is 0.243 e. The van der Waals surface area contributed by atoms with Gasteiger partial charge in [-0.3, -0.25) is 4.90 Å². The molecule has 3 rings (SSSR count). The first kappa shape index (κ1) is 21.6. The Kier molecular flexibility index (Phi) is 6.41. The van der Waals surface area contributed by atoms with E-state index in [4.69, 9.17) is 27.6 Å². The Morgan fingerprint density at radius 1 is 1.11 bits per heavy atom. The van der Waals surface area contributed by atoms with Gasteiger partial charge in [-0.05, 0) is 31.2 Å². The van der Waals surface area contributed by atoms with Crippen molar-refractivity contribution < 1.29 is 12.8 Å². The van der Waals surface area contributed by atoms with E-state index in [2.05, 4.69) is 30.7 Å². The minimum Gasteiger partial charge on any atom is -0.444 e. The van der Waals surface area contributed by atoms with Gasteiger partial charge in [0, 0.05) is 25.0 Å². The summed E-state index contributed by atoms with van der Waals surface area (Å²) >= 11 is 11.9. The molecule has 2 heterocycles. The molecule has 6 nitrogen and oxygen atoms in total. The number of benzene rings is 1. The molecule has 1 aromatic carbocycles. The highest BCUT2D eigenvalue weighted by Crippen LogP contribution is 2.27. The molecular weight excluding hydrogens is 421 g/mol. The quantitative estimate of drug-likeness (QED) is 0.705. The van der Waals surface area contributed by atoms with E-state index in [1.54, 1.807) is 6.20 Å². The van der Waals surface area contributed by atoms with Crippen molar-refractivity contribution in [3.63, 3.8) is 0 Å². The van der Waals surface area contributed by atoms with Crippen molar-refractivity contribution in [2.75, 3.05) is 26.2 Å². The zero-order valence-electron chi connectivity index (χ0n) is 16.3. The molecule has 0 amide bonds. The number of oxazole rings is 1. The van der Waals surface area contributed by atoms with Crippen molar-refractivity contribution in [3.05, 3.63) is 46.1 Å². The maximum Gasteiger partial charge on any atom is 0.243 e. The van der Waals surface area contributed by atoms with Crippen LogP contribution in [0.15, 0.2) is 33.7 Å². The average molecular weight is 446 g/mol. The third-order valence-corrected chi connectivity index (χ3v) is 7.36. The predicted octanol–water partition coefficient (Wildman–Crippen LogP) is 4.18. The number of halogens is 2. The summed E-state index contributed by atoms with van der Waals surface area (Å²) in [7, 11) is -3.61. The number of sulfonamides is 1. The largest absolute Gasteiger partial charge is 0.444 e. The SMILES string of the molecule is CC(C)(C)c1cnc(CN2CCCN(S(=O)(=O)c3ccc(Cl)c(Cl)c3)CC2)o1. The van der Waals surface area contributed by atoms with Crippen LogP contribution in [0.3, 0.4) is 0 Å². The van der Waals surface area contributed by atoms with E-state index < -0.39 is 10.0 Å². The first-order valence-electron chi connectivity index (χ1n) is 9.20. The number of nitrogens with zero attached hydrogens (tertiary/aromatic N) is 3. The second-order valence-electron chi connectivity index (χ2n) is 7.98. The fourth-order valence-corrected chi connectivity index (χ4v) is 4.91. The molecule has 9 heteroatoms. The molecule has 154 valence electrons. The Hall–Kier alpha value is -1.12. The van der Waals surface area contributed by atoms with Crippen LogP contribution in [0.25, 0.3) is 0 Å². The summed E-state index contributed by atoms with van der Waals surface area (Å²) in [5, 5.41) is 0.570. The average Bonchev–Trinajstić information content (AvgIpc) is 2.95. The van der Waals surface area contributed by atoms with Gasteiger partial charge >= 0.3 is 0 Å². The lowest BCUT2D eigenvalue weighted by Gasteiger charge is -2.21. The van der Waals surface area contributed by atoms with Gasteiger partial charge in [-0.2, -0.15) is 4.31 Å². The summed E-state index contributed by atoms with van der Waals surface area (Å²) in [6.45, 7) is 9.04. The van der Waals surface area contributed by atoms with Gasteiger partial charge in [0.05, 0.1) is 27.7 Å². The van der Waals surface area contributed by atoms with E-state index in [1.165, 1.54) is 22.5 Å². The highest BCUT2D eigenvalue weighted by atomic mass is 35.5. The number of hydrogen-bond donors (Lipinski definition) is 0. The predicted molar refractivity (Wildman–Crippen MR) is 110 cm³/mol. The fourth-order valence-electron chi connectivity index (χ4n) is 3.05. The molecule has 1 aliphatic heterocycles. The lowest BCUT2D eigenvalue weighted by atomic mass is 9.94. The third-order valence-electron chi connectivity index (χ3n) is 4.73. The summed E-state index contributed by atoms with van der Waals surface area (Å²) in [6.07, 6.45) is 2.50. The summed E-state index contributed by atoms with van der Waals surface area (Å²) in [6, 6.07) is 4.41. The van der Waals surface area contributed by atoms with Gasteiger partial charge in [-0.15, -0.1) is 0 Å². The Balaban J connectivity index is 1.67. The number of hydrogen-bond acceptors (Lipinski definition) is 5. The molecule has 0 radical (unpaired) electrons. The van der Waals surface area contributed by atoms with Crippen LogP contribution in [-0.2, 0) is 22.0 Å². The number of aromatic nitrogens is 1. The molecule has 0 aliphatic carbocycles. The maximum absolute atomic E-state index is 13.0. The van der Waals surface area contributed by atoms with Crippen LogP contribution in [-0.4, -0.2) is 48.8 Å². The molecule has 0 N–H and O–H groups in total. The molecule has 1 aliphatic rings. The summed E-state index contributed by atoms with van der Waals surface area (Å²) in [4.78, 5) is 6.71. The second-order valence-corrected chi connectivity index (χ2v) is 10.7. The zero-order valence-corrected chi connectivity index (χ0v) is 18.6. The van der Waals surface area contributed by atoms with Crippen LogP contribution < -0.4 is 0 Å². The molecule has 2 aromatic rings. The van der Waals surface area contributed by atoms with Crippen LogP contribution in [0.2, 0.25) is 10.0 Å². The van der Waals surface area contributed by atoms with E-state index in [-0.39, 0.29) is 15.3 Å². The van der Waals surface area contributed by atoms with Crippen molar-refractivity contribution >= 4 is 33.2 Å². The molecular formula is C19H25Cl2N3O3S. The monoisotopic (exact) mass is 445 g/mol. The molecule has 1 saturated heterocycles. The Labute approximate surface area is 176 Å². The van der Waals surface area contributed by atoms with Gasteiger partial charge in [-0.1, -0.05) is 44.0 Å². The van der Waals surface area contributed by atoms with E-state index in [0.717, 1.165) is 18.7 Å². The lowest BCUT2D eigenvalue weighted by molar-refractivity contribution is 0.242. The molecule has 1 aromatic heterocycles. The molecule has 0 atom stereocenters. The molecule has 0 unspecified atom stereocenters. The van der Waals surface area contributed by atoms with Crippen molar-refractivity contribution in [1.29, 1.82) is 0 Å². The Bertz CT molecular complexity index is 938. The Morgan fingerprint density at radius 3 is 2.50 bits per heavy atom. The van der Waals surface area contributed by atoms with E-state index in [9.17, 15) is 8.42 Å². The van der Waals surface area contributed by atoms with Gasteiger partial charge in [0.15, 0.2) is 0 Å².